The van der Waals surface area contributed by atoms with E-state index in [9.17, 15) is 4.79 Å². The number of thioether (sulfide) groups is 1. The monoisotopic (exact) mass is 355 g/mol. The number of para-hydroxylation sites is 2. The number of benzene rings is 2. The molecule has 1 heterocycles. The van der Waals surface area contributed by atoms with Gasteiger partial charge in [-0.05, 0) is 29.8 Å². The highest BCUT2D eigenvalue weighted by molar-refractivity contribution is 7.98. The molecular formula is C18H17N3O3S. The van der Waals surface area contributed by atoms with Gasteiger partial charge in [-0.3, -0.25) is 4.57 Å². The van der Waals surface area contributed by atoms with Gasteiger partial charge in [0.15, 0.2) is 5.16 Å². The molecule has 0 radical (unpaired) electrons. The van der Waals surface area contributed by atoms with Gasteiger partial charge in [-0.25, -0.2) is 4.79 Å². The number of rotatable bonds is 6. The van der Waals surface area contributed by atoms with E-state index in [4.69, 9.17) is 9.47 Å². The normalized spacial score (nSPS) is 10.5. The lowest BCUT2D eigenvalue weighted by Gasteiger charge is -2.10. The van der Waals surface area contributed by atoms with E-state index in [1.54, 1.807) is 37.3 Å². The molecule has 2 aromatic carbocycles. The van der Waals surface area contributed by atoms with Crippen molar-refractivity contribution >= 4 is 17.7 Å². The number of nitrogens with zero attached hydrogens (tertiary/aromatic N) is 3. The molecule has 0 aliphatic heterocycles. The van der Waals surface area contributed by atoms with Crippen LogP contribution in [0.4, 0.5) is 0 Å². The van der Waals surface area contributed by atoms with Crippen molar-refractivity contribution in [1.82, 2.24) is 14.8 Å². The zero-order valence-corrected chi connectivity index (χ0v) is 14.7. The van der Waals surface area contributed by atoms with Crippen LogP contribution in [-0.2, 0) is 10.5 Å². The topological polar surface area (TPSA) is 66.2 Å². The molecule has 0 amide bonds. The van der Waals surface area contributed by atoms with Crippen LogP contribution < -0.4 is 4.74 Å². The molecule has 0 N–H and O–H groups in total. The fourth-order valence-electron chi connectivity index (χ4n) is 2.32. The van der Waals surface area contributed by atoms with Crippen LogP contribution in [0, 0.1) is 0 Å². The molecule has 0 bridgehead atoms. The molecule has 3 rings (SSSR count). The van der Waals surface area contributed by atoms with E-state index in [-0.39, 0.29) is 5.97 Å². The highest BCUT2D eigenvalue weighted by atomic mass is 32.2. The molecule has 0 fully saturated rings. The van der Waals surface area contributed by atoms with Gasteiger partial charge in [0.1, 0.15) is 12.1 Å². The number of aromatic nitrogens is 3. The molecule has 0 aliphatic carbocycles. The van der Waals surface area contributed by atoms with Crippen LogP contribution in [0.5, 0.6) is 5.75 Å². The zero-order chi connectivity index (χ0) is 17.6. The Balaban J connectivity index is 1.75. The molecule has 3 aromatic rings. The molecule has 0 saturated carbocycles. The quantitative estimate of drug-likeness (QED) is 0.499. The van der Waals surface area contributed by atoms with Gasteiger partial charge in [0.05, 0.1) is 25.5 Å². The first-order chi connectivity index (χ1) is 12.2. The van der Waals surface area contributed by atoms with Crippen LogP contribution in [0.3, 0.4) is 0 Å². The molecule has 1 aromatic heterocycles. The van der Waals surface area contributed by atoms with E-state index in [1.807, 2.05) is 41.0 Å². The second-order valence-corrected chi connectivity index (χ2v) is 6.08. The molecule has 6 nitrogen and oxygen atoms in total. The average Bonchev–Trinajstić information content (AvgIpc) is 3.14. The summed E-state index contributed by atoms with van der Waals surface area (Å²) in [5, 5.41) is 8.96. The molecule has 128 valence electrons. The van der Waals surface area contributed by atoms with E-state index < -0.39 is 0 Å². The summed E-state index contributed by atoms with van der Waals surface area (Å²) < 4.78 is 12.0. The lowest BCUT2D eigenvalue weighted by atomic mass is 10.1. The van der Waals surface area contributed by atoms with Crippen molar-refractivity contribution in [2.45, 2.75) is 10.9 Å². The fraction of sp³-hybridized carbons (Fsp3) is 0.167. The summed E-state index contributed by atoms with van der Waals surface area (Å²) >= 11 is 1.56. The van der Waals surface area contributed by atoms with Crippen LogP contribution in [0.25, 0.3) is 5.69 Å². The lowest BCUT2D eigenvalue weighted by molar-refractivity contribution is 0.0600. The molecule has 0 atom stereocenters. The maximum atomic E-state index is 11.5. The first-order valence-corrected chi connectivity index (χ1v) is 8.55. The minimum atomic E-state index is -0.338. The summed E-state index contributed by atoms with van der Waals surface area (Å²) in [6.45, 7) is 0. The third-order valence-corrected chi connectivity index (χ3v) is 4.62. The van der Waals surface area contributed by atoms with Crippen LogP contribution in [0.1, 0.15) is 15.9 Å². The van der Waals surface area contributed by atoms with Crippen molar-refractivity contribution in [3.63, 3.8) is 0 Å². The lowest BCUT2D eigenvalue weighted by Crippen LogP contribution is -2.01. The Kier molecular flexibility index (Phi) is 5.35. The largest absolute Gasteiger partial charge is 0.495 e. The molecular weight excluding hydrogens is 338 g/mol. The summed E-state index contributed by atoms with van der Waals surface area (Å²) in [5.74, 6) is 1.12. The zero-order valence-electron chi connectivity index (χ0n) is 13.9. The van der Waals surface area contributed by atoms with Crippen LogP contribution in [0.2, 0.25) is 0 Å². The summed E-state index contributed by atoms with van der Waals surface area (Å²) in [6, 6.07) is 15.0. The number of carbonyl (C=O) groups excluding carboxylic acids is 1. The highest BCUT2D eigenvalue weighted by Gasteiger charge is 2.11. The van der Waals surface area contributed by atoms with Crippen molar-refractivity contribution < 1.29 is 14.3 Å². The first kappa shape index (κ1) is 17.0. The Morgan fingerprint density at radius 3 is 2.60 bits per heavy atom. The molecule has 7 heteroatoms. The maximum Gasteiger partial charge on any atom is 0.337 e. The van der Waals surface area contributed by atoms with Crippen molar-refractivity contribution in [2.24, 2.45) is 0 Å². The average molecular weight is 355 g/mol. The molecule has 0 aliphatic rings. The van der Waals surface area contributed by atoms with E-state index in [0.717, 1.165) is 22.2 Å². The summed E-state index contributed by atoms with van der Waals surface area (Å²) in [6.07, 6.45) is 1.67. The van der Waals surface area contributed by atoms with Crippen molar-refractivity contribution in [1.29, 1.82) is 0 Å². The van der Waals surface area contributed by atoms with E-state index in [1.165, 1.54) is 7.11 Å². The van der Waals surface area contributed by atoms with Gasteiger partial charge in [-0.15, -0.1) is 10.2 Å². The van der Waals surface area contributed by atoms with E-state index in [0.29, 0.717) is 11.3 Å². The fourth-order valence-corrected chi connectivity index (χ4v) is 3.20. The first-order valence-electron chi connectivity index (χ1n) is 7.56. The number of carbonyl (C=O) groups is 1. The Morgan fingerprint density at radius 2 is 1.88 bits per heavy atom. The number of ether oxygens (including phenoxy) is 2. The third-order valence-electron chi connectivity index (χ3n) is 3.60. The number of esters is 1. The van der Waals surface area contributed by atoms with Gasteiger partial charge >= 0.3 is 5.97 Å². The second kappa shape index (κ2) is 7.85. The molecule has 25 heavy (non-hydrogen) atoms. The van der Waals surface area contributed by atoms with Crippen LogP contribution >= 0.6 is 11.8 Å². The number of hydrogen-bond donors (Lipinski definition) is 0. The Morgan fingerprint density at radius 1 is 1.12 bits per heavy atom. The van der Waals surface area contributed by atoms with E-state index in [2.05, 4.69) is 10.2 Å². The summed E-state index contributed by atoms with van der Waals surface area (Å²) in [7, 11) is 3.01. The smallest absolute Gasteiger partial charge is 0.337 e. The van der Waals surface area contributed by atoms with Gasteiger partial charge in [0.2, 0.25) is 0 Å². The van der Waals surface area contributed by atoms with Crippen LogP contribution in [-0.4, -0.2) is 35.0 Å². The van der Waals surface area contributed by atoms with Crippen LogP contribution in [0.15, 0.2) is 60.0 Å². The van der Waals surface area contributed by atoms with Gasteiger partial charge in [0, 0.05) is 5.75 Å². The second-order valence-electron chi connectivity index (χ2n) is 5.13. The third kappa shape index (κ3) is 3.83. The predicted molar refractivity (Wildman–Crippen MR) is 95.3 cm³/mol. The van der Waals surface area contributed by atoms with Crippen molar-refractivity contribution in [2.75, 3.05) is 14.2 Å². The Labute approximate surface area is 149 Å². The van der Waals surface area contributed by atoms with Gasteiger partial charge in [-0.1, -0.05) is 36.0 Å². The van der Waals surface area contributed by atoms with Crippen molar-refractivity contribution in [3.8, 4) is 11.4 Å². The Bertz CT molecular complexity index is 862. The van der Waals surface area contributed by atoms with Gasteiger partial charge in [-0.2, -0.15) is 0 Å². The minimum Gasteiger partial charge on any atom is -0.495 e. The maximum absolute atomic E-state index is 11.5. The molecule has 0 saturated heterocycles. The highest BCUT2D eigenvalue weighted by Crippen LogP contribution is 2.28. The summed E-state index contributed by atoms with van der Waals surface area (Å²) in [4.78, 5) is 11.5. The number of methoxy groups -OCH3 is 2. The predicted octanol–water partition coefficient (Wildman–Crippen LogP) is 3.35. The van der Waals surface area contributed by atoms with Gasteiger partial charge in [0.25, 0.3) is 0 Å². The Hall–Kier alpha value is -2.80. The molecule has 0 spiro atoms. The van der Waals surface area contributed by atoms with Gasteiger partial charge < -0.3 is 9.47 Å². The standard InChI is InChI=1S/C18H17N3O3S/c1-23-16-6-4-3-5-15(16)21-12-19-20-18(21)25-11-13-7-9-14(10-8-13)17(22)24-2/h3-10,12H,11H2,1-2H3. The molecule has 0 unspecified atom stereocenters. The number of hydrogen-bond acceptors (Lipinski definition) is 6. The SMILES string of the molecule is COC(=O)c1ccc(CSc2nncn2-c2ccccc2OC)cc1. The summed E-state index contributed by atoms with van der Waals surface area (Å²) in [5.41, 5.74) is 2.50. The van der Waals surface area contributed by atoms with Crippen molar-refractivity contribution in [3.05, 3.63) is 66.0 Å². The van der Waals surface area contributed by atoms with E-state index >= 15 is 0 Å². The minimum absolute atomic E-state index is 0.338.